The molecule has 1 aliphatic rings. The summed E-state index contributed by atoms with van der Waals surface area (Å²) in [5.41, 5.74) is 2.70. The second-order valence-electron chi connectivity index (χ2n) is 5.07. The summed E-state index contributed by atoms with van der Waals surface area (Å²) in [6.07, 6.45) is 3.86. The Balaban J connectivity index is 1.68. The Morgan fingerprint density at radius 1 is 1.17 bits per heavy atom. The first-order chi connectivity index (χ1) is 8.78. The summed E-state index contributed by atoms with van der Waals surface area (Å²) in [6.45, 7) is 3.19. The van der Waals surface area contributed by atoms with Crippen molar-refractivity contribution in [1.82, 2.24) is 4.90 Å². The molecule has 100 valence electrons. The summed E-state index contributed by atoms with van der Waals surface area (Å²) in [6, 6.07) is 8.77. The highest BCUT2D eigenvalue weighted by molar-refractivity contribution is 9.08. The van der Waals surface area contributed by atoms with Crippen molar-refractivity contribution >= 4 is 15.9 Å². The fourth-order valence-corrected chi connectivity index (χ4v) is 2.66. The molecule has 0 N–H and O–H groups in total. The molecule has 1 heterocycles. The standard InChI is InChI=1S/C15H22BrNO/c1-17-9-6-15(7-10-17)18-11-8-13-2-4-14(12-16)5-3-13/h2-5,15H,6-12H2,1H3. The normalized spacial score (nSPS) is 18.1. The van der Waals surface area contributed by atoms with E-state index in [0.29, 0.717) is 6.10 Å². The lowest BCUT2D eigenvalue weighted by Gasteiger charge is -2.28. The first kappa shape index (κ1) is 14.0. The van der Waals surface area contributed by atoms with Crippen LogP contribution in [0.5, 0.6) is 0 Å². The lowest BCUT2D eigenvalue weighted by atomic mass is 10.1. The largest absolute Gasteiger partial charge is 0.378 e. The minimum absolute atomic E-state index is 0.475. The third kappa shape index (κ3) is 4.38. The molecule has 1 aromatic carbocycles. The van der Waals surface area contributed by atoms with Crippen LogP contribution < -0.4 is 0 Å². The van der Waals surface area contributed by atoms with Gasteiger partial charge in [0.05, 0.1) is 12.7 Å². The molecule has 0 bridgehead atoms. The molecule has 18 heavy (non-hydrogen) atoms. The predicted octanol–water partition coefficient (Wildman–Crippen LogP) is 3.23. The molecule has 1 fully saturated rings. The summed E-state index contributed by atoms with van der Waals surface area (Å²) < 4.78 is 5.96. The first-order valence-electron chi connectivity index (χ1n) is 6.72. The van der Waals surface area contributed by atoms with Gasteiger partial charge in [-0.25, -0.2) is 0 Å². The van der Waals surface area contributed by atoms with Crippen LogP contribution in [0.25, 0.3) is 0 Å². The van der Waals surface area contributed by atoms with Gasteiger partial charge >= 0.3 is 0 Å². The number of ether oxygens (including phenoxy) is 1. The first-order valence-corrected chi connectivity index (χ1v) is 7.84. The van der Waals surface area contributed by atoms with E-state index in [1.807, 2.05) is 0 Å². The minimum Gasteiger partial charge on any atom is -0.378 e. The Kier molecular flexibility index (Phi) is 5.67. The Bertz CT molecular complexity index is 344. The smallest absolute Gasteiger partial charge is 0.0599 e. The van der Waals surface area contributed by atoms with E-state index in [1.165, 1.54) is 37.1 Å². The molecule has 0 aromatic heterocycles. The zero-order valence-electron chi connectivity index (χ0n) is 11.1. The van der Waals surface area contributed by atoms with Crippen LogP contribution in [0.1, 0.15) is 24.0 Å². The summed E-state index contributed by atoms with van der Waals surface area (Å²) in [5, 5.41) is 0.930. The zero-order chi connectivity index (χ0) is 12.8. The van der Waals surface area contributed by atoms with E-state index in [9.17, 15) is 0 Å². The van der Waals surface area contributed by atoms with Crippen LogP contribution in [0.3, 0.4) is 0 Å². The Labute approximate surface area is 118 Å². The third-order valence-corrected chi connectivity index (χ3v) is 4.23. The van der Waals surface area contributed by atoms with Gasteiger partial charge in [0.2, 0.25) is 0 Å². The second kappa shape index (κ2) is 7.27. The number of hydrogen-bond acceptors (Lipinski definition) is 2. The topological polar surface area (TPSA) is 12.5 Å². The maximum absolute atomic E-state index is 5.96. The van der Waals surface area contributed by atoms with Crippen LogP contribution in [0, 0.1) is 0 Å². The Morgan fingerprint density at radius 2 is 1.78 bits per heavy atom. The quantitative estimate of drug-likeness (QED) is 0.774. The van der Waals surface area contributed by atoms with Crippen molar-refractivity contribution in [2.24, 2.45) is 0 Å². The van der Waals surface area contributed by atoms with Gasteiger partial charge in [0, 0.05) is 18.4 Å². The van der Waals surface area contributed by atoms with Gasteiger partial charge in [0.25, 0.3) is 0 Å². The van der Waals surface area contributed by atoms with Gasteiger partial charge in [-0.1, -0.05) is 40.2 Å². The number of alkyl halides is 1. The number of rotatable bonds is 5. The van der Waals surface area contributed by atoms with E-state index >= 15 is 0 Å². The number of nitrogens with zero attached hydrogens (tertiary/aromatic N) is 1. The van der Waals surface area contributed by atoms with Crippen molar-refractivity contribution in [2.75, 3.05) is 26.7 Å². The van der Waals surface area contributed by atoms with Crippen molar-refractivity contribution in [3.05, 3.63) is 35.4 Å². The maximum atomic E-state index is 5.96. The molecule has 0 atom stereocenters. The van der Waals surface area contributed by atoms with Gasteiger partial charge in [-0.2, -0.15) is 0 Å². The molecular weight excluding hydrogens is 290 g/mol. The van der Waals surface area contributed by atoms with Gasteiger partial charge in [-0.3, -0.25) is 0 Å². The Hall–Kier alpha value is -0.380. The fraction of sp³-hybridized carbons (Fsp3) is 0.600. The molecule has 0 spiro atoms. The average molecular weight is 312 g/mol. The monoisotopic (exact) mass is 311 g/mol. The molecule has 0 saturated carbocycles. The Morgan fingerprint density at radius 3 is 2.39 bits per heavy atom. The summed E-state index contributed by atoms with van der Waals surface area (Å²) in [7, 11) is 2.18. The molecule has 3 heteroatoms. The lowest BCUT2D eigenvalue weighted by molar-refractivity contribution is 0.0141. The molecule has 1 saturated heterocycles. The van der Waals surface area contributed by atoms with Crippen molar-refractivity contribution < 1.29 is 4.74 Å². The van der Waals surface area contributed by atoms with Gasteiger partial charge in [0.15, 0.2) is 0 Å². The van der Waals surface area contributed by atoms with Crippen LogP contribution in [-0.2, 0) is 16.5 Å². The van der Waals surface area contributed by atoms with Crippen LogP contribution in [-0.4, -0.2) is 37.7 Å². The highest BCUT2D eigenvalue weighted by atomic mass is 79.9. The molecule has 0 radical (unpaired) electrons. The van der Waals surface area contributed by atoms with Gasteiger partial charge in [-0.15, -0.1) is 0 Å². The molecule has 2 nitrogen and oxygen atoms in total. The molecule has 0 aliphatic carbocycles. The zero-order valence-corrected chi connectivity index (χ0v) is 12.7. The predicted molar refractivity (Wildman–Crippen MR) is 79.2 cm³/mol. The molecule has 1 aromatic rings. The highest BCUT2D eigenvalue weighted by Crippen LogP contribution is 2.13. The molecule has 1 aliphatic heterocycles. The van der Waals surface area contributed by atoms with Crippen LogP contribution >= 0.6 is 15.9 Å². The molecule has 2 rings (SSSR count). The third-order valence-electron chi connectivity index (χ3n) is 3.59. The van der Waals surface area contributed by atoms with Crippen molar-refractivity contribution in [2.45, 2.75) is 30.7 Å². The number of halogens is 1. The van der Waals surface area contributed by atoms with E-state index in [-0.39, 0.29) is 0 Å². The summed E-state index contributed by atoms with van der Waals surface area (Å²) >= 11 is 3.46. The molecule has 0 amide bonds. The molecule has 0 unspecified atom stereocenters. The van der Waals surface area contributed by atoms with Gasteiger partial charge < -0.3 is 9.64 Å². The SMILES string of the molecule is CN1CCC(OCCc2ccc(CBr)cc2)CC1. The van der Waals surface area contributed by atoms with E-state index < -0.39 is 0 Å². The van der Waals surface area contributed by atoms with E-state index in [4.69, 9.17) is 4.74 Å². The number of hydrogen-bond donors (Lipinski definition) is 0. The van der Waals surface area contributed by atoms with E-state index in [0.717, 1.165) is 18.4 Å². The summed E-state index contributed by atoms with van der Waals surface area (Å²) in [4.78, 5) is 2.37. The number of likely N-dealkylation sites (tertiary alicyclic amines) is 1. The van der Waals surface area contributed by atoms with Crippen molar-refractivity contribution in [1.29, 1.82) is 0 Å². The van der Waals surface area contributed by atoms with Crippen molar-refractivity contribution in [3.8, 4) is 0 Å². The highest BCUT2D eigenvalue weighted by Gasteiger charge is 2.16. The number of benzene rings is 1. The fourth-order valence-electron chi connectivity index (χ4n) is 2.29. The van der Waals surface area contributed by atoms with E-state index in [1.54, 1.807) is 0 Å². The lowest BCUT2D eigenvalue weighted by Crippen LogP contribution is -2.34. The van der Waals surface area contributed by atoms with Crippen LogP contribution in [0.2, 0.25) is 0 Å². The number of piperidine rings is 1. The average Bonchev–Trinajstić information content (AvgIpc) is 2.42. The minimum atomic E-state index is 0.475. The van der Waals surface area contributed by atoms with Crippen LogP contribution in [0.4, 0.5) is 0 Å². The maximum Gasteiger partial charge on any atom is 0.0599 e. The van der Waals surface area contributed by atoms with E-state index in [2.05, 4.69) is 52.1 Å². The van der Waals surface area contributed by atoms with Gasteiger partial charge in [0.1, 0.15) is 0 Å². The van der Waals surface area contributed by atoms with Crippen LogP contribution in [0.15, 0.2) is 24.3 Å². The second-order valence-corrected chi connectivity index (χ2v) is 5.63. The molecular formula is C15H22BrNO. The van der Waals surface area contributed by atoms with Crippen molar-refractivity contribution in [3.63, 3.8) is 0 Å². The van der Waals surface area contributed by atoms with Gasteiger partial charge in [-0.05, 0) is 37.4 Å². The summed E-state index contributed by atoms with van der Waals surface area (Å²) in [5.74, 6) is 0.